The summed E-state index contributed by atoms with van der Waals surface area (Å²) in [7, 11) is 0. The summed E-state index contributed by atoms with van der Waals surface area (Å²) in [6, 6.07) is 0. The van der Waals surface area contributed by atoms with Crippen molar-refractivity contribution in [2.24, 2.45) is 0 Å². The van der Waals surface area contributed by atoms with E-state index in [0.717, 1.165) is 0 Å². The minimum Gasteiger partial charge on any atom is -2.00 e. The molecule has 0 radical (unpaired) electrons. The van der Waals surface area contributed by atoms with Crippen LogP contribution in [-0.2, 0) is 5.48 Å². The summed E-state index contributed by atoms with van der Waals surface area (Å²) in [5.74, 6) is 0. The minimum atomic E-state index is -2.08. The van der Waals surface area contributed by atoms with Crippen molar-refractivity contribution in [2.45, 2.75) is 24.4 Å². The first-order valence-corrected chi connectivity index (χ1v) is 4.11. The Morgan fingerprint density at radius 3 is 1.20 bits per heavy atom. The number of hydrogen-bond acceptors (Lipinski definition) is 9. The first-order chi connectivity index (χ1) is 7.27. The third-order valence-electron chi connectivity index (χ3n) is 1.51. The van der Waals surface area contributed by atoms with Crippen molar-refractivity contribution in [2.75, 3.05) is 13.2 Å². The van der Waals surface area contributed by atoms with E-state index in [0.29, 0.717) is 0 Å². The van der Waals surface area contributed by atoms with Gasteiger partial charge < -0.3 is 56.6 Å². The molecule has 0 amide bonds. The van der Waals surface area contributed by atoms with E-state index >= 15 is 0 Å². The van der Waals surface area contributed by atoms with Gasteiger partial charge in [0.25, 0.3) is 0 Å². The molecule has 0 saturated heterocycles. The first-order valence-electron chi connectivity index (χ1n) is 4.11. The molecular weight excluding hydrogens is 310 g/mol. The van der Waals surface area contributed by atoms with Gasteiger partial charge in [0.15, 0.2) is 0 Å². The largest absolute Gasteiger partial charge is 3.00 e. The topological polar surface area (TPSA) is 240 Å². The summed E-state index contributed by atoms with van der Waals surface area (Å²) in [5.41, 5.74) is 0. The molecule has 0 heterocycles. The predicted octanol–water partition coefficient (Wildman–Crippen LogP) is -8.37. The van der Waals surface area contributed by atoms with Crippen molar-refractivity contribution in [3.63, 3.8) is 0 Å². The SMILES string of the molecule is O=C([O-])O.OCC(O)C(O)C(O)C(O)CO.[Al+3].[Na+].[O-2].[OH-]. The molecule has 0 saturated carbocycles. The summed E-state index contributed by atoms with van der Waals surface area (Å²) in [6.07, 6.45) is -8.48. The number of hydrogen-bond donors (Lipinski definition) is 7. The van der Waals surface area contributed by atoms with Gasteiger partial charge in [-0.1, -0.05) is 0 Å². The molecule has 0 aromatic rings. The van der Waals surface area contributed by atoms with Gasteiger partial charge >= 0.3 is 46.9 Å². The van der Waals surface area contributed by atoms with Crippen molar-refractivity contribution in [1.82, 2.24) is 0 Å². The van der Waals surface area contributed by atoms with Crippen LogP contribution in [0.1, 0.15) is 0 Å². The molecule has 0 rings (SSSR count). The quantitative estimate of drug-likeness (QED) is 0.235. The van der Waals surface area contributed by atoms with Crippen LogP contribution in [0.25, 0.3) is 0 Å². The fourth-order valence-corrected chi connectivity index (χ4v) is 0.671. The molecule has 4 unspecified atom stereocenters. The van der Waals surface area contributed by atoms with Crippen molar-refractivity contribution in [1.29, 1.82) is 0 Å². The Kier molecular flexibility index (Phi) is 40.4. The average Bonchev–Trinajstić information content (AvgIpc) is 2.24. The van der Waals surface area contributed by atoms with Gasteiger partial charge in [-0.2, -0.15) is 0 Å². The normalized spacial score (nSPS) is 14.1. The fraction of sp³-hybridized carbons (Fsp3) is 0.857. The first kappa shape index (κ1) is 37.1. The molecule has 0 aromatic carbocycles. The third kappa shape index (κ3) is 20.8. The zero-order valence-corrected chi connectivity index (χ0v) is 13.8. The summed E-state index contributed by atoms with van der Waals surface area (Å²) in [5, 5.41) is 67.5. The van der Waals surface area contributed by atoms with Crippen LogP contribution in [0.2, 0.25) is 0 Å². The van der Waals surface area contributed by atoms with Crippen molar-refractivity contribution in [3.8, 4) is 0 Å². The van der Waals surface area contributed by atoms with Crippen LogP contribution in [0.15, 0.2) is 0 Å². The van der Waals surface area contributed by atoms with Gasteiger partial charge in [0, 0.05) is 0 Å². The zero-order chi connectivity index (χ0) is 13.3. The van der Waals surface area contributed by atoms with E-state index in [-0.39, 0.29) is 57.9 Å². The molecule has 0 aromatic heterocycles. The number of carbonyl (C=O) groups is 1. The summed E-state index contributed by atoms with van der Waals surface area (Å²) < 4.78 is 0. The van der Waals surface area contributed by atoms with Crippen LogP contribution in [0.5, 0.6) is 0 Å². The van der Waals surface area contributed by atoms with E-state index in [9.17, 15) is 0 Å². The smallest absolute Gasteiger partial charge is 2.00 e. The molecule has 8 N–H and O–H groups in total. The summed E-state index contributed by atoms with van der Waals surface area (Å²) >= 11 is 0. The third-order valence-corrected chi connectivity index (χ3v) is 1.51. The molecule has 20 heavy (non-hydrogen) atoms. The molecule has 0 aliphatic rings. The van der Waals surface area contributed by atoms with Gasteiger partial charge in [-0.3, -0.25) is 0 Å². The van der Waals surface area contributed by atoms with Gasteiger partial charge in [0.2, 0.25) is 6.16 Å². The molecule has 114 valence electrons. The van der Waals surface area contributed by atoms with Crippen molar-refractivity contribution >= 4 is 23.5 Å². The monoisotopic (exact) mass is 326 g/mol. The second-order valence-electron chi connectivity index (χ2n) is 2.75. The average molecular weight is 326 g/mol. The Labute approximate surface area is 147 Å². The van der Waals surface area contributed by atoms with Crippen LogP contribution in [0, 0.1) is 0 Å². The molecular formula is C7H16AlNaO11. The van der Waals surface area contributed by atoms with Gasteiger partial charge in [-0.15, -0.1) is 0 Å². The van der Waals surface area contributed by atoms with E-state index in [1.54, 1.807) is 0 Å². The fourth-order valence-electron chi connectivity index (χ4n) is 0.671. The van der Waals surface area contributed by atoms with E-state index in [1.165, 1.54) is 0 Å². The maximum absolute atomic E-state index is 8.96. The molecule has 0 aliphatic heterocycles. The van der Waals surface area contributed by atoms with Crippen LogP contribution in [0.4, 0.5) is 4.79 Å². The van der Waals surface area contributed by atoms with E-state index in [4.69, 9.17) is 45.6 Å². The number of carboxylic acid groups (broad SMARTS) is 2. The van der Waals surface area contributed by atoms with Gasteiger partial charge in [-0.25, -0.2) is 0 Å². The molecule has 13 heteroatoms. The molecule has 11 nitrogen and oxygen atoms in total. The van der Waals surface area contributed by atoms with Crippen LogP contribution in [0.3, 0.4) is 0 Å². The second kappa shape index (κ2) is 21.8. The number of aliphatic hydroxyl groups excluding tert-OH is 6. The van der Waals surface area contributed by atoms with Gasteiger partial charge in [0.05, 0.1) is 13.2 Å². The Morgan fingerprint density at radius 1 is 0.950 bits per heavy atom. The van der Waals surface area contributed by atoms with E-state index in [1.807, 2.05) is 0 Å². The molecule has 4 atom stereocenters. The maximum Gasteiger partial charge on any atom is 3.00 e. The standard InChI is InChI=1S/C6H14O6.CH2O3.Al.Na.H2O.O/c7-1-3(9)5(11)6(12)4(10)2-8;2-1(3)4;;;;/h3-12H,1-2H2;(H2,2,3,4);;;1H2;/q;;+3;+1;;-2/p-2. The van der Waals surface area contributed by atoms with E-state index in [2.05, 4.69) is 0 Å². The Bertz CT molecular complexity index is 180. The second-order valence-corrected chi connectivity index (χ2v) is 2.75. The Balaban J connectivity index is -0.0000000547. The maximum atomic E-state index is 8.96. The molecule has 0 aliphatic carbocycles. The molecule has 0 fully saturated rings. The summed E-state index contributed by atoms with van der Waals surface area (Å²) in [4.78, 5) is 8.44. The zero-order valence-electron chi connectivity index (χ0n) is 10.6. The van der Waals surface area contributed by atoms with Crippen LogP contribution >= 0.6 is 0 Å². The Hall–Kier alpha value is 0.482. The van der Waals surface area contributed by atoms with Gasteiger partial charge in [-0.05, 0) is 0 Å². The molecule has 0 spiro atoms. The van der Waals surface area contributed by atoms with Crippen LogP contribution in [-0.4, -0.2) is 102 Å². The number of aliphatic hydroxyl groups is 6. The Morgan fingerprint density at radius 2 is 1.10 bits per heavy atom. The van der Waals surface area contributed by atoms with E-state index < -0.39 is 43.8 Å². The molecule has 0 bridgehead atoms. The van der Waals surface area contributed by atoms with Gasteiger partial charge in [0.1, 0.15) is 24.4 Å². The minimum absolute atomic E-state index is 0. The predicted molar refractivity (Wildman–Crippen MR) is 54.6 cm³/mol. The van der Waals surface area contributed by atoms with Crippen molar-refractivity contribution < 1.29 is 86.2 Å². The summed E-state index contributed by atoms with van der Waals surface area (Å²) in [6.45, 7) is -1.45. The van der Waals surface area contributed by atoms with Crippen LogP contribution < -0.4 is 34.7 Å². The number of rotatable bonds is 5. The van der Waals surface area contributed by atoms with Crippen molar-refractivity contribution in [3.05, 3.63) is 0 Å².